The molecule has 0 bridgehead atoms. The number of ketones is 1. The summed E-state index contributed by atoms with van der Waals surface area (Å²) in [7, 11) is 0. The van der Waals surface area contributed by atoms with Gasteiger partial charge < -0.3 is 5.11 Å². The number of rotatable bonds is 2. The van der Waals surface area contributed by atoms with E-state index in [1.165, 1.54) is 25.2 Å². The quantitative estimate of drug-likeness (QED) is 0.672. The Bertz CT molecular complexity index is 306. The SMILES string of the molecule is CC(=O)C1(O)C=CC=CC1C(=O)Cl. The van der Waals surface area contributed by atoms with E-state index in [9.17, 15) is 14.7 Å². The molecule has 0 aliphatic heterocycles. The lowest BCUT2D eigenvalue weighted by Crippen LogP contribution is -2.45. The lowest BCUT2D eigenvalue weighted by atomic mass is 9.82. The molecule has 4 heteroatoms. The Hall–Kier alpha value is -0.930. The van der Waals surface area contributed by atoms with Crippen LogP contribution in [0.25, 0.3) is 0 Å². The van der Waals surface area contributed by atoms with Crippen LogP contribution in [-0.4, -0.2) is 21.7 Å². The van der Waals surface area contributed by atoms with Crippen molar-refractivity contribution in [3.63, 3.8) is 0 Å². The third-order valence-corrected chi connectivity index (χ3v) is 2.28. The maximum atomic E-state index is 11.1. The van der Waals surface area contributed by atoms with Crippen LogP contribution in [-0.2, 0) is 9.59 Å². The monoisotopic (exact) mass is 200 g/mol. The van der Waals surface area contributed by atoms with Crippen molar-refractivity contribution in [2.24, 2.45) is 5.92 Å². The van der Waals surface area contributed by atoms with Gasteiger partial charge in [0.05, 0.1) is 5.92 Å². The number of carbonyl (C=O) groups is 2. The molecule has 0 saturated heterocycles. The fourth-order valence-electron chi connectivity index (χ4n) is 1.21. The number of Topliss-reactive ketones (excluding diaryl/α,β-unsaturated/α-hetero) is 1. The zero-order valence-electron chi connectivity index (χ0n) is 7.03. The van der Waals surface area contributed by atoms with Gasteiger partial charge in [0.2, 0.25) is 5.24 Å². The minimum absolute atomic E-state index is 0.493. The summed E-state index contributed by atoms with van der Waals surface area (Å²) in [5.41, 5.74) is -1.77. The molecule has 0 saturated carbocycles. The predicted octanol–water partition coefficient (Wildman–Crippen LogP) is 0.814. The molecule has 2 atom stereocenters. The molecule has 70 valence electrons. The molecule has 0 aromatic carbocycles. The lowest BCUT2D eigenvalue weighted by Gasteiger charge is -2.28. The summed E-state index contributed by atoms with van der Waals surface area (Å²) in [6.07, 6.45) is 5.77. The van der Waals surface area contributed by atoms with Crippen molar-refractivity contribution in [3.05, 3.63) is 24.3 Å². The Morgan fingerprint density at radius 3 is 2.46 bits per heavy atom. The van der Waals surface area contributed by atoms with Crippen molar-refractivity contribution in [2.75, 3.05) is 0 Å². The topological polar surface area (TPSA) is 54.4 Å². The molecule has 2 unspecified atom stereocenters. The van der Waals surface area contributed by atoms with E-state index in [2.05, 4.69) is 0 Å². The highest BCUT2D eigenvalue weighted by atomic mass is 35.5. The highest BCUT2D eigenvalue weighted by Crippen LogP contribution is 2.27. The third kappa shape index (κ3) is 1.71. The normalized spacial score (nSPS) is 31.8. The summed E-state index contributed by atoms with van der Waals surface area (Å²) in [5.74, 6) is -1.47. The molecule has 3 nitrogen and oxygen atoms in total. The van der Waals surface area contributed by atoms with Crippen LogP contribution in [0.2, 0.25) is 0 Å². The van der Waals surface area contributed by atoms with Crippen LogP contribution in [0.4, 0.5) is 0 Å². The molecular weight excluding hydrogens is 192 g/mol. The maximum absolute atomic E-state index is 11.1. The molecule has 1 aliphatic rings. The first kappa shape index (κ1) is 10.2. The Labute approximate surface area is 80.7 Å². The van der Waals surface area contributed by atoms with Gasteiger partial charge in [0, 0.05) is 0 Å². The summed E-state index contributed by atoms with van der Waals surface area (Å²) < 4.78 is 0. The van der Waals surface area contributed by atoms with Gasteiger partial charge in [-0.1, -0.05) is 18.2 Å². The van der Waals surface area contributed by atoms with E-state index >= 15 is 0 Å². The second-order valence-corrected chi connectivity index (χ2v) is 3.28. The standard InChI is InChI=1S/C9H9ClO3/c1-6(11)9(13)5-3-2-4-7(9)8(10)12/h2-5,7,13H,1H3. The Morgan fingerprint density at radius 1 is 1.46 bits per heavy atom. The number of hydrogen-bond donors (Lipinski definition) is 1. The van der Waals surface area contributed by atoms with Gasteiger partial charge in [-0.15, -0.1) is 0 Å². The van der Waals surface area contributed by atoms with Crippen molar-refractivity contribution in [3.8, 4) is 0 Å². The van der Waals surface area contributed by atoms with Gasteiger partial charge >= 0.3 is 0 Å². The average molecular weight is 201 g/mol. The zero-order valence-corrected chi connectivity index (χ0v) is 7.78. The first-order valence-corrected chi connectivity index (χ1v) is 4.15. The first-order valence-electron chi connectivity index (χ1n) is 3.77. The molecule has 0 radical (unpaired) electrons. The van der Waals surface area contributed by atoms with Crippen LogP contribution in [0.3, 0.4) is 0 Å². The van der Waals surface area contributed by atoms with Crippen molar-refractivity contribution >= 4 is 22.6 Å². The molecule has 1 N–H and O–H groups in total. The Kier molecular flexibility index (Phi) is 2.68. The minimum atomic E-state index is -1.77. The van der Waals surface area contributed by atoms with Gasteiger partial charge in [0.15, 0.2) is 11.4 Å². The second-order valence-electron chi connectivity index (χ2n) is 2.91. The Balaban J connectivity index is 3.07. The van der Waals surface area contributed by atoms with Gasteiger partial charge in [-0.25, -0.2) is 0 Å². The van der Waals surface area contributed by atoms with Crippen molar-refractivity contribution in [1.29, 1.82) is 0 Å². The van der Waals surface area contributed by atoms with Gasteiger partial charge in [0.1, 0.15) is 0 Å². The molecule has 0 spiro atoms. The van der Waals surface area contributed by atoms with Gasteiger partial charge in [-0.05, 0) is 24.6 Å². The smallest absolute Gasteiger partial charge is 0.232 e. The summed E-state index contributed by atoms with van der Waals surface area (Å²) in [6.45, 7) is 1.22. The summed E-state index contributed by atoms with van der Waals surface area (Å²) in [5, 5.41) is 9.05. The molecule has 0 fully saturated rings. The average Bonchev–Trinajstić information content (AvgIpc) is 2.04. The largest absolute Gasteiger partial charge is 0.377 e. The lowest BCUT2D eigenvalue weighted by molar-refractivity contribution is -0.138. The molecule has 0 amide bonds. The summed E-state index contributed by atoms with van der Waals surface area (Å²) in [6, 6.07) is 0. The molecule has 0 heterocycles. The fourth-order valence-corrected chi connectivity index (χ4v) is 1.45. The molecule has 13 heavy (non-hydrogen) atoms. The number of halogens is 1. The van der Waals surface area contributed by atoms with Crippen LogP contribution < -0.4 is 0 Å². The van der Waals surface area contributed by atoms with E-state index < -0.39 is 22.5 Å². The summed E-state index contributed by atoms with van der Waals surface area (Å²) in [4.78, 5) is 22.0. The molecule has 1 aliphatic carbocycles. The first-order chi connectivity index (χ1) is 5.98. The van der Waals surface area contributed by atoms with E-state index in [-0.39, 0.29) is 0 Å². The van der Waals surface area contributed by atoms with Crippen molar-refractivity contribution < 1.29 is 14.7 Å². The number of carbonyl (C=O) groups excluding carboxylic acids is 2. The van der Waals surface area contributed by atoms with E-state index in [4.69, 9.17) is 11.6 Å². The summed E-state index contributed by atoms with van der Waals surface area (Å²) >= 11 is 5.25. The number of hydrogen-bond acceptors (Lipinski definition) is 3. The van der Waals surface area contributed by atoms with Gasteiger partial charge in [0.25, 0.3) is 0 Å². The van der Waals surface area contributed by atoms with Crippen LogP contribution in [0, 0.1) is 5.92 Å². The number of allylic oxidation sites excluding steroid dienone is 2. The van der Waals surface area contributed by atoms with Crippen LogP contribution in [0.5, 0.6) is 0 Å². The van der Waals surface area contributed by atoms with E-state index in [0.717, 1.165) is 0 Å². The van der Waals surface area contributed by atoms with Crippen LogP contribution >= 0.6 is 11.6 Å². The maximum Gasteiger partial charge on any atom is 0.232 e. The van der Waals surface area contributed by atoms with Gasteiger partial charge in [-0.3, -0.25) is 9.59 Å². The fraction of sp³-hybridized carbons (Fsp3) is 0.333. The zero-order chi connectivity index (χ0) is 10.1. The van der Waals surface area contributed by atoms with E-state index in [1.54, 1.807) is 6.08 Å². The second kappa shape index (κ2) is 3.44. The van der Waals surface area contributed by atoms with Crippen LogP contribution in [0.15, 0.2) is 24.3 Å². The molecular formula is C9H9ClO3. The van der Waals surface area contributed by atoms with Crippen LogP contribution in [0.1, 0.15) is 6.92 Å². The molecule has 0 aromatic rings. The molecule has 1 rings (SSSR count). The Morgan fingerprint density at radius 2 is 2.08 bits per heavy atom. The van der Waals surface area contributed by atoms with Crippen molar-refractivity contribution in [1.82, 2.24) is 0 Å². The highest BCUT2D eigenvalue weighted by molar-refractivity contribution is 6.64. The highest BCUT2D eigenvalue weighted by Gasteiger charge is 2.42. The molecule has 0 aromatic heterocycles. The third-order valence-electron chi connectivity index (χ3n) is 2.05. The minimum Gasteiger partial charge on any atom is -0.377 e. The van der Waals surface area contributed by atoms with E-state index in [0.29, 0.717) is 0 Å². The van der Waals surface area contributed by atoms with Crippen molar-refractivity contribution in [2.45, 2.75) is 12.5 Å². The van der Waals surface area contributed by atoms with Gasteiger partial charge in [-0.2, -0.15) is 0 Å². The van der Waals surface area contributed by atoms with E-state index in [1.807, 2.05) is 0 Å². The number of aliphatic hydroxyl groups is 1. The predicted molar refractivity (Wildman–Crippen MR) is 48.3 cm³/mol.